The molecular formula is C21H30N4O2S. The van der Waals surface area contributed by atoms with Crippen molar-refractivity contribution in [3.63, 3.8) is 0 Å². The fraction of sp³-hybridized carbons (Fsp3) is 0.429. The summed E-state index contributed by atoms with van der Waals surface area (Å²) in [5.41, 5.74) is 0.595. The molecule has 7 heteroatoms. The third-order valence-electron chi connectivity index (χ3n) is 4.22. The van der Waals surface area contributed by atoms with E-state index in [1.165, 1.54) is 4.88 Å². The van der Waals surface area contributed by atoms with E-state index in [0.29, 0.717) is 25.2 Å². The molecule has 2 aromatic rings. The first-order chi connectivity index (χ1) is 13.5. The van der Waals surface area contributed by atoms with Crippen molar-refractivity contribution in [2.75, 3.05) is 33.3 Å². The number of ether oxygens (including phenoxy) is 1. The van der Waals surface area contributed by atoms with E-state index in [-0.39, 0.29) is 11.3 Å². The summed E-state index contributed by atoms with van der Waals surface area (Å²) in [6.45, 7) is 8.98. The minimum absolute atomic E-state index is 0.0148. The average molecular weight is 403 g/mol. The summed E-state index contributed by atoms with van der Waals surface area (Å²) in [6.07, 6.45) is 0. The fourth-order valence-corrected chi connectivity index (χ4v) is 3.41. The van der Waals surface area contributed by atoms with Crippen LogP contribution >= 0.6 is 11.3 Å². The second-order valence-corrected chi connectivity index (χ2v) is 7.92. The van der Waals surface area contributed by atoms with Gasteiger partial charge in [-0.05, 0) is 42.6 Å². The molecule has 0 atom stereocenters. The number of thiophene rings is 1. The number of aliphatic imine (C=N–C) groups is 1. The molecule has 0 aliphatic carbocycles. The summed E-state index contributed by atoms with van der Waals surface area (Å²) in [6, 6.07) is 11.3. The minimum atomic E-state index is -0.106. The molecule has 0 fully saturated rings. The number of guanidine groups is 1. The first kappa shape index (κ1) is 21.8. The number of rotatable bonds is 9. The van der Waals surface area contributed by atoms with Crippen molar-refractivity contribution in [2.24, 2.45) is 4.99 Å². The van der Waals surface area contributed by atoms with Gasteiger partial charge >= 0.3 is 0 Å². The molecule has 28 heavy (non-hydrogen) atoms. The van der Waals surface area contributed by atoms with E-state index < -0.39 is 0 Å². The number of nitrogens with zero attached hydrogens (tertiary/aromatic N) is 1. The Morgan fingerprint density at radius 3 is 2.43 bits per heavy atom. The Kier molecular flexibility index (Phi) is 8.32. The van der Waals surface area contributed by atoms with Gasteiger partial charge in [0, 0.05) is 35.5 Å². The summed E-state index contributed by atoms with van der Waals surface area (Å²) >= 11 is 1.75. The van der Waals surface area contributed by atoms with E-state index in [9.17, 15) is 4.79 Å². The average Bonchev–Trinajstić information content (AvgIpc) is 3.25. The van der Waals surface area contributed by atoms with Gasteiger partial charge in [0.15, 0.2) is 5.96 Å². The molecule has 2 rings (SSSR count). The third-order valence-corrected chi connectivity index (χ3v) is 5.46. The van der Waals surface area contributed by atoms with Crippen molar-refractivity contribution < 1.29 is 9.53 Å². The number of carbonyl (C=O) groups is 1. The molecule has 0 saturated carbocycles. The largest absolute Gasteiger partial charge is 0.497 e. The topological polar surface area (TPSA) is 74.8 Å². The van der Waals surface area contributed by atoms with Crippen molar-refractivity contribution in [2.45, 2.75) is 26.2 Å². The molecule has 0 spiro atoms. The molecule has 0 radical (unpaired) electrons. The molecule has 1 amide bonds. The van der Waals surface area contributed by atoms with Crippen molar-refractivity contribution >= 4 is 23.2 Å². The van der Waals surface area contributed by atoms with Crippen LogP contribution in [-0.4, -0.2) is 45.2 Å². The molecule has 1 aromatic carbocycles. The quantitative estimate of drug-likeness (QED) is 0.342. The number of amides is 1. The molecule has 1 aromatic heterocycles. The lowest BCUT2D eigenvalue weighted by atomic mass is 9.92. The number of methoxy groups -OCH3 is 1. The summed E-state index contributed by atoms with van der Waals surface area (Å²) in [5, 5.41) is 11.5. The van der Waals surface area contributed by atoms with Gasteiger partial charge in [-0.15, -0.1) is 11.3 Å². The highest BCUT2D eigenvalue weighted by Gasteiger charge is 2.21. The van der Waals surface area contributed by atoms with E-state index in [0.717, 1.165) is 18.3 Å². The van der Waals surface area contributed by atoms with Crippen LogP contribution in [0.2, 0.25) is 0 Å². The maximum Gasteiger partial charge on any atom is 0.251 e. The summed E-state index contributed by atoms with van der Waals surface area (Å²) < 4.78 is 5.11. The molecule has 3 N–H and O–H groups in total. The molecule has 0 aliphatic rings. The lowest BCUT2D eigenvalue weighted by molar-refractivity contribution is 0.0954. The van der Waals surface area contributed by atoms with E-state index in [1.54, 1.807) is 42.7 Å². The number of hydrogen-bond acceptors (Lipinski definition) is 4. The van der Waals surface area contributed by atoms with Gasteiger partial charge in [-0.25, -0.2) is 0 Å². The molecule has 0 saturated heterocycles. The van der Waals surface area contributed by atoms with Crippen LogP contribution in [0.1, 0.15) is 36.0 Å². The van der Waals surface area contributed by atoms with E-state index >= 15 is 0 Å². The molecular weight excluding hydrogens is 372 g/mol. The second-order valence-electron chi connectivity index (χ2n) is 6.97. The van der Waals surface area contributed by atoms with Gasteiger partial charge in [-0.3, -0.25) is 9.79 Å². The van der Waals surface area contributed by atoms with E-state index in [4.69, 9.17) is 9.73 Å². The lowest BCUT2D eigenvalue weighted by Gasteiger charge is -2.22. The maximum atomic E-state index is 12.2. The molecule has 0 aliphatic heterocycles. The van der Waals surface area contributed by atoms with Crippen molar-refractivity contribution in [3.8, 4) is 5.75 Å². The van der Waals surface area contributed by atoms with Gasteiger partial charge in [0.1, 0.15) is 5.75 Å². The number of benzene rings is 1. The smallest absolute Gasteiger partial charge is 0.251 e. The second kappa shape index (κ2) is 10.7. The standard InChI is InChI=1S/C21H30N4O2S/c1-5-22-20(25-15-21(2,3)18-7-6-14-28-18)24-13-12-23-19(26)16-8-10-17(27-4)11-9-16/h6-11,14H,5,12-13,15H2,1-4H3,(H,23,26)(H2,22,24,25). The SMILES string of the molecule is CCNC(=NCC(C)(C)c1cccs1)NCCNC(=O)c1ccc(OC)cc1. The predicted molar refractivity (Wildman–Crippen MR) is 117 cm³/mol. The van der Waals surface area contributed by atoms with Crippen LogP contribution in [0.25, 0.3) is 0 Å². The monoisotopic (exact) mass is 402 g/mol. The van der Waals surface area contributed by atoms with Gasteiger partial charge in [0.05, 0.1) is 13.7 Å². The van der Waals surface area contributed by atoms with Crippen LogP contribution in [-0.2, 0) is 5.41 Å². The van der Waals surface area contributed by atoms with Crippen LogP contribution < -0.4 is 20.7 Å². The first-order valence-electron chi connectivity index (χ1n) is 9.44. The molecule has 0 unspecified atom stereocenters. The number of nitrogens with one attached hydrogen (secondary N) is 3. The Bertz CT molecular complexity index is 755. The fourth-order valence-electron chi connectivity index (χ4n) is 2.56. The normalized spacial score (nSPS) is 11.8. The van der Waals surface area contributed by atoms with Crippen LogP contribution in [0.5, 0.6) is 5.75 Å². The van der Waals surface area contributed by atoms with Gasteiger partial charge in [-0.1, -0.05) is 19.9 Å². The Balaban J connectivity index is 1.81. The zero-order valence-corrected chi connectivity index (χ0v) is 17.9. The Hall–Kier alpha value is -2.54. The maximum absolute atomic E-state index is 12.2. The Labute approximate surface area is 171 Å². The summed E-state index contributed by atoms with van der Waals surface area (Å²) in [5.74, 6) is 1.38. The summed E-state index contributed by atoms with van der Waals surface area (Å²) in [4.78, 5) is 18.2. The zero-order chi connectivity index (χ0) is 20.4. The molecule has 1 heterocycles. The Morgan fingerprint density at radius 2 is 1.82 bits per heavy atom. The number of hydrogen-bond donors (Lipinski definition) is 3. The van der Waals surface area contributed by atoms with Crippen molar-refractivity contribution in [1.29, 1.82) is 0 Å². The highest BCUT2D eigenvalue weighted by Crippen LogP contribution is 2.27. The van der Waals surface area contributed by atoms with E-state index in [2.05, 4.69) is 47.3 Å². The number of carbonyl (C=O) groups excluding carboxylic acids is 1. The van der Waals surface area contributed by atoms with Gasteiger partial charge in [-0.2, -0.15) is 0 Å². The highest BCUT2D eigenvalue weighted by molar-refractivity contribution is 7.10. The van der Waals surface area contributed by atoms with Crippen LogP contribution in [0.15, 0.2) is 46.8 Å². The predicted octanol–water partition coefficient (Wildman–Crippen LogP) is 3.02. The Morgan fingerprint density at radius 1 is 1.11 bits per heavy atom. The molecule has 0 bridgehead atoms. The molecule has 152 valence electrons. The summed E-state index contributed by atoms with van der Waals surface area (Å²) in [7, 11) is 1.60. The highest BCUT2D eigenvalue weighted by atomic mass is 32.1. The van der Waals surface area contributed by atoms with Gasteiger partial charge in [0.25, 0.3) is 5.91 Å². The van der Waals surface area contributed by atoms with Crippen LogP contribution in [0.3, 0.4) is 0 Å². The van der Waals surface area contributed by atoms with Crippen molar-refractivity contribution in [3.05, 3.63) is 52.2 Å². The first-order valence-corrected chi connectivity index (χ1v) is 10.3. The minimum Gasteiger partial charge on any atom is -0.497 e. The van der Waals surface area contributed by atoms with Gasteiger partial charge in [0.2, 0.25) is 0 Å². The lowest BCUT2D eigenvalue weighted by Crippen LogP contribution is -2.42. The third kappa shape index (κ3) is 6.56. The van der Waals surface area contributed by atoms with E-state index in [1.807, 2.05) is 6.92 Å². The zero-order valence-electron chi connectivity index (χ0n) is 17.0. The molecule has 6 nitrogen and oxygen atoms in total. The van der Waals surface area contributed by atoms with Gasteiger partial charge < -0.3 is 20.7 Å². The van der Waals surface area contributed by atoms with Crippen molar-refractivity contribution in [1.82, 2.24) is 16.0 Å². The van der Waals surface area contributed by atoms with Crippen LogP contribution in [0, 0.1) is 0 Å². The van der Waals surface area contributed by atoms with Crippen LogP contribution in [0.4, 0.5) is 0 Å².